The number of likely N-dealkylation sites (N-methyl/N-ethyl adjacent to an activating group) is 1. The molecule has 2 N–H and O–H groups in total. The highest BCUT2D eigenvalue weighted by Gasteiger charge is 2.73. The zero-order valence-electron chi connectivity index (χ0n) is 20.4. The summed E-state index contributed by atoms with van der Waals surface area (Å²) in [6.45, 7) is 4.06. The third-order valence-electron chi connectivity index (χ3n) is 9.15. The van der Waals surface area contributed by atoms with Crippen molar-refractivity contribution in [2.24, 2.45) is 0 Å². The van der Waals surface area contributed by atoms with E-state index in [1.807, 2.05) is 13.1 Å². The van der Waals surface area contributed by atoms with Crippen molar-refractivity contribution in [3.8, 4) is 11.5 Å². The molecular weight excluding hydrogens is 444 g/mol. The number of nitrogens with zero attached hydrogens (tertiary/aromatic N) is 2. The Bertz CT molecular complexity index is 1160. The zero-order valence-corrected chi connectivity index (χ0v) is 20.4. The summed E-state index contributed by atoms with van der Waals surface area (Å²) in [6.07, 6.45) is 11.1. The summed E-state index contributed by atoms with van der Waals surface area (Å²) >= 11 is 0. The SMILES string of the molecule is CCCCN1CC[C@]23c4c5ccc(O)c4O[C@H]2[C@H](N(C)C(=O)/C=C/c2ccoc2)CC[C@@]3(O)[C@H]1C5. The van der Waals surface area contributed by atoms with Crippen molar-refractivity contribution in [3.63, 3.8) is 0 Å². The largest absolute Gasteiger partial charge is 0.504 e. The quantitative estimate of drug-likeness (QED) is 0.619. The summed E-state index contributed by atoms with van der Waals surface area (Å²) in [6, 6.07) is 5.33. The van der Waals surface area contributed by atoms with Crippen molar-refractivity contribution >= 4 is 12.0 Å². The highest BCUT2D eigenvalue weighted by molar-refractivity contribution is 5.91. The predicted octanol–water partition coefficient (Wildman–Crippen LogP) is 3.48. The van der Waals surface area contributed by atoms with Gasteiger partial charge < -0.3 is 24.3 Å². The number of ether oxygens (including phenoxy) is 1. The third-order valence-corrected chi connectivity index (χ3v) is 9.15. The van der Waals surface area contributed by atoms with Crippen LogP contribution in [0.4, 0.5) is 0 Å². The van der Waals surface area contributed by atoms with Crippen LogP contribution in [0.15, 0.2) is 41.2 Å². The fourth-order valence-electron chi connectivity index (χ4n) is 7.45. The number of phenols is 1. The molecule has 7 heteroatoms. The van der Waals surface area contributed by atoms with E-state index in [4.69, 9.17) is 9.15 Å². The van der Waals surface area contributed by atoms with E-state index in [-0.39, 0.29) is 23.7 Å². The van der Waals surface area contributed by atoms with E-state index in [0.29, 0.717) is 18.6 Å². The fourth-order valence-corrected chi connectivity index (χ4v) is 7.45. The Morgan fingerprint density at radius 3 is 2.94 bits per heavy atom. The Morgan fingerprint density at radius 1 is 1.31 bits per heavy atom. The van der Waals surface area contributed by atoms with Gasteiger partial charge in [0.15, 0.2) is 11.5 Å². The molecule has 1 saturated carbocycles. The number of rotatable bonds is 6. The first-order valence-corrected chi connectivity index (χ1v) is 12.9. The lowest BCUT2D eigenvalue weighted by molar-refractivity contribution is -0.199. The van der Waals surface area contributed by atoms with Crippen LogP contribution in [0.5, 0.6) is 11.5 Å². The molecule has 4 aliphatic rings. The van der Waals surface area contributed by atoms with E-state index in [0.717, 1.165) is 55.5 Å². The summed E-state index contributed by atoms with van der Waals surface area (Å²) in [5.41, 5.74) is 1.38. The smallest absolute Gasteiger partial charge is 0.246 e. The second kappa shape index (κ2) is 8.14. The first kappa shape index (κ1) is 22.7. The Morgan fingerprint density at radius 2 is 2.17 bits per heavy atom. The molecule has 0 unspecified atom stereocenters. The molecule has 0 radical (unpaired) electrons. The van der Waals surface area contributed by atoms with Crippen LogP contribution in [0.2, 0.25) is 0 Å². The summed E-state index contributed by atoms with van der Waals surface area (Å²) in [5.74, 6) is 0.511. The van der Waals surface area contributed by atoms with Gasteiger partial charge in [0.2, 0.25) is 5.91 Å². The van der Waals surface area contributed by atoms with Gasteiger partial charge in [-0.15, -0.1) is 0 Å². The Hall–Kier alpha value is -2.77. The van der Waals surface area contributed by atoms with Gasteiger partial charge in [-0.25, -0.2) is 0 Å². The van der Waals surface area contributed by atoms with Crippen molar-refractivity contribution in [2.75, 3.05) is 20.1 Å². The summed E-state index contributed by atoms with van der Waals surface area (Å²) in [4.78, 5) is 17.4. The number of amides is 1. The minimum absolute atomic E-state index is 0.0137. The summed E-state index contributed by atoms with van der Waals surface area (Å²) < 4.78 is 11.7. The maximum Gasteiger partial charge on any atom is 0.246 e. The standard InChI is InChI=1S/C28H34N2O5/c1-3-4-13-30-14-12-27-24-19-6-7-21(31)25(24)35-26(27)20(9-11-28(27,33)22(30)16-19)29(2)23(32)8-5-18-10-15-34-17-18/h5-8,10,15,17,20,22,26,31,33H,3-4,9,11-14,16H2,1-2H3/b8-5+/t20-,22-,26+,27+,28-/m1/s1. The number of aromatic hydroxyl groups is 1. The molecule has 35 heavy (non-hydrogen) atoms. The van der Waals surface area contributed by atoms with Gasteiger partial charge in [0.1, 0.15) is 6.10 Å². The number of carbonyl (C=O) groups excluding carboxylic acids is 1. The topological polar surface area (TPSA) is 86.4 Å². The minimum atomic E-state index is -0.956. The molecule has 5 atom stereocenters. The van der Waals surface area contributed by atoms with Crippen LogP contribution in [0.1, 0.15) is 55.7 Å². The molecule has 1 amide bonds. The number of likely N-dealkylation sites (tertiary alicyclic amines) is 1. The molecule has 2 bridgehead atoms. The van der Waals surface area contributed by atoms with Gasteiger partial charge in [0.05, 0.1) is 29.6 Å². The number of unbranched alkanes of at least 4 members (excludes halogenated alkanes) is 1. The second-order valence-electron chi connectivity index (χ2n) is 10.7. The molecule has 1 aromatic heterocycles. The average molecular weight is 479 g/mol. The minimum Gasteiger partial charge on any atom is -0.504 e. The maximum absolute atomic E-state index is 13.2. The third kappa shape index (κ3) is 3.07. The molecule has 2 fully saturated rings. The van der Waals surface area contributed by atoms with E-state index in [1.54, 1.807) is 41.7 Å². The van der Waals surface area contributed by atoms with Gasteiger partial charge in [-0.3, -0.25) is 9.69 Å². The molecule has 2 aliphatic heterocycles. The summed E-state index contributed by atoms with van der Waals surface area (Å²) in [5, 5.41) is 23.3. The number of aliphatic hydroxyl groups is 1. The summed E-state index contributed by atoms with van der Waals surface area (Å²) in [7, 11) is 1.82. The highest BCUT2D eigenvalue weighted by Crippen LogP contribution is 2.65. The van der Waals surface area contributed by atoms with Crippen LogP contribution >= 0.6 is 0 Å². The Labute approximate surface area is 206 Å². The van der Waals surface area contributed by atoms with Crippen molar-refractivity contribution in [1.82, 2.24) is 9.80 Å². The second-order valence-corrected chi connectivity index (χ2v) is 10.7. The van der Waals surface area contributed by atoms with E-state index >= 15 is 0 Å². The lowest BCUT2D eigenvalue weighted by Crippen LogP contribution is -2.78. The number of benzene rings is 1. The molecule has 3 heterocycles. The zero-order chi connectivity index (χ0) is 24.4. The molecule has 186 valence electrons. The first-order chi connectivity index (χ1) is 16.9. The van der Waals surface area contributed by atoms with E-state index in [9.17, 15) is 15.0 Å². The molecule has 1 spiro atoms. The predicted molar refractivity (Wildman–Crippen MR) is 131 cm³/mol. The van der Waals surface area contributed by atoms with Gasteiger partial charge >= 0.3 is 0 Å². The number of hydrogen-bond donors (Lipinski definition) is 2. The highest BCUT2D eigenvalue weighted by atomic mass is 16.5. The Balaban J connectivity index is 1.39. The molecule has 2 aromatic rings. The maximum atomic E-state index is 13.2. The van der Waals surface area contributed by atoms with E-state index in [1.165, 1.54) is 0 Å². The molecule has 2 aliphatic carbocycles. The lowest BCUT2D eigenvalue weighted by atomic mass is 9.48. The van der Waals surface area contributed by atoms with E-state index in [2.05, 4.69) is 11.8 Å². The van der Waals surface area contributed by atoms with Crippen LogP contribution in [-0.2, 0) is 16.6 Å². The molecular formula is C28H34N2O5. The fraction of sp³-hybridized carbons (Fsp3) is 0.536. The van der Waals surface area contributed by atoms with Crippen LogP contribution in [0, 0.1) is 0 Å². The van der Waals surface area contributed by atoms with Gasteiger partial charge in [-0.05, 0) is 69.0 Å². The van der Waals surface area contributed by atoms with Crippen molar-refractivity contribution in [1.29, 1.82) is 0 Å². The number of hydrogen-bond acceptors (Lipinski definition) is 6. The van der Waals surface area contributed by atoms with Crippen molar-refractivity contribution in [3.05, 3.63) is 53.5 Å². The number of carbonyl (C=O) groups is 1. The van der Waals surface area contributed by atoms with Gasteiger partial charge in [0, 0.05) is 30.3 Å². The first-order valence-electron chi connectivity index (χ1n) is 12.9. The van der Waals surface area contributed by atoms with Gasteiger partial charge in [-0.2, -0.15) is 0 Å². The molecule has 7 nitrogen and oxygen atoms in total. The van der Waals surface area contributed by atoms with Crippen molar-refractivity contribution < 1.29 is 24.2 Å². The van der Waals surface area contributed by atoms with Crippen LogP contribution < -0.4 is 4.74 Å². The normalized spacial score (nSPS) is 32.9. The number of piperidine rings is 1. The number of furan rings is 1. The van der Waals surface area contributed by atoms with Crippen LogP contribution in [0.25, 0.3) is 6.08 Å². The van der Waals surface area contributed by atoms with Crippen molar-refractivity contribution in [2.45, 2.75) is 74.7 Å². The van der Waals surface area contributed by atoms with Gasteiger partial charge in [-0.1, -0.05) is 19.4 Å². The number of phenolic OH excluding ortho intramolecular Hbond substituents is 1. The Kier molecular flexibility index (Phi) is 5.27. The molecule has 1 aromatic carbocycles. The van der Waals surface area contributed by atoms with Crippen LogP contribution in [-0.4, -0.2) is 69.8 Å². The van der Waals surface area contributed by atoms with Crippen LogP contribution in [0.3, 0.4) is 0 Å². The van der Waals surface area contributed by atoms with Gasteiger partial charge in [0.25, 0.3) is 0 Å². The monoisotopic (exact) mass is 478 g/mol. The average Bonchev–Trinajstić information content (AvgIpc) is 3.49. The lowest BCUT2D eigenvalue weighted by Gasteiger charge is -2.64. The molecule has 1 saturated heterocycles. The van der Waals surface area contributed by atoms with E-state index < -0.39 is 17.1 Å². The molecule has 6 rings (SSSR count).